The number of halogens is 1. The monoisotopic (exact) mass is 290 g/mol. The maximum absolute atomic E-state index is 13.4. The highest BCUT2D eigenvalue weighted by Gasteiger charge is 2.35. The third-order valence-electron chi connectivity index (χ3n) is 2.82. The summed E-state index contributed by atoms with van der Waals surface area (Å²) in [6.07, 6.45) is 1.28. The average Bonchev–Trinajstić information content (AvgIpc) is 2.94. The number of nitro benzene ring substituents is 1. The summed E-state index contributed by atoms with van der Waals surface area (Å²) < 4.78 is 18.3. The van der Waals surface area contributed by atoms with Crippen LogP contribution < -0.4 is 0 Å². The molecule has 3 rings (SSSR count). The quantitative estimate of drug-likeness (QED) is 0.513. The van der Waals surface area contributed by atoms with E-state index in [1.807, 2.05) is 0 Å². The van der Waals surface area contributed by atoms with Gasteiger partial charge in [-0.1, -0.05) is 0 Å². The van der Waals surface area contributed by atoms with Crippen LogP contribution >= 0.6 is 0 Å². The molecule has 0 bridgehead atoms. The number of nitrogens with one attached hydrogen (secondary N) is 1. The second kappa shape index (κ2) is 4.47. The molecule has 2 heterocycles. The summed E-state index contributed by atoms with van der Waals surface area (Å²) in [6, 6.07) is 1.63. The van der Waals surface area contributed by atoms with E-state index in [9.17, 15) is 19.3 Å². The molecule has 0 unspecified atom stereocenters. The fourth-order valence-corrected chi connectivity index (χ4v) is 2.01. The molecular weight excluding hydrogens is 283 g/mol. The summed E-state index contributed by atoms with van der Waals surface area (Å²) in [4.78, 5) is 25.9. The highest BCUT2D eigenvalue weighted by Crippen LogP contribution is 2.38. The van der Waals surface area contributed by atoms with Gasteiger partial charge in [0.05, 0.1) is 16.6 Å². The van der Waals surface area contributed by atoms with Gasteiger partial charge in [-0.3, -0.25) is 15.2 Å². The number of esters is 1. The number of rotatable bonds is 2. The zero-order valence-corrected chi connectivity index (χ0v) is 10.6. The summed E-state index contributed by atoms with van der Waals surface area (Å²) in [7, 11) is 0. The van der Waals surface area contributed by atoms with Gasteiger partial charge in [-0.15, -0.1) is 0 Å². The Morgan fingerprint density at radius 2 is 2.24 bits per heavy atom. The molecule has 106 valence electrons. The molecule has 21 heavy (non-hydrogen) atoms. The minimum atomic E-state index is -0.882. The number of cyclic esters (lactones) is 1. The fourth-order valence-electron chi connectivity index (χ4n) is 2.01. The summed E-state index contributed by atoms with van der Waals surface area (Å²) >= 11 is 0. The van der Waals surface area contributed by atoms with Crippen molar-refractivity contribution in [3.8, 4) is 0 Å². The molecule has 0 saturated heterocycles. The van der Waals surface area contributed by atoms with Gasteiger partial charge in [0, 0.05) is 6.08 Å². The molecule has 2 aromatic rings. The smallest absolute Gasteiger partial charge is 0.344 e. The molecule has 8 nitrogen and oxygen atoms in total. The fraction of sp³-hybridized carbons (Fsp3) is 0.0833. The Labute approximate surface area is 116 Å². The van der Waals surface area contributed by atoms with E-state index in [4.69, 9.17) is 4.74 Å². The van der Waals surface area contributed by atoms with E-state index in [-0.39, 0.29) is 22.7 Å². The topological polar surface area (TPSA) is 111 Å². The van der Waals surface area contributed by atoms with Gasteiger partial charge in [0.1, 0.15) is 23.0 Å². The van der Waals surface area contributed by atoms with Gasteiger partial charge in [-0.05, 0) is 13.0 Å². The zero-order valence-electron chi connectivity index (χ0n) is 10.6. The van der Waals surface area contributed by atoms with Gasteiger partial charge in [0.15, 0.2) is 5.82 Å². The Bertz CT molecular complexity index is 812. The zero-order chi connectivity index (χ0) is 15.1. The van der Waals surface area contributed by atoms with Crippen LogP contribution in [-0.2, 0) is 4.74 Å². The van der Waals surface area contributed by atoms with Crippen LogP contribution in [0.5, 0.6) is 0 Å². The Kier molecular flexibility index (Phi) is 2.75. The molecule has 0 radical (unpaired) electrons. The number of ether oxygens (including phenoxy) is 1. The van der Waals surface area contributed by atoms with Crippen molar-refractivity contribution in [2.24, 2.45) is 0 Å². The van der Waals surface area contributed by atoms with Gasteiger partial charge < -0.3 is 4.74 Å². The van der Waals surface area contributed by atoms with Crippen LogP contribution in [0, 0.1) is 22.9 Å². The molecule has 1 N–H and O–H groups in total. The molecule has 0 amide bonds. The third-order valence-corrected chi connectivity index (χ3v) is 2.82. The number of carbonyl (C=O) groups excluding carboxylic acids is 1. The summed E-state index contributed by atoms with van der Waals surface area (Å²) in [6.45, 7) is 1.67. The van der Waals surface area contributed by atoms with Crippen molar-refractivity contribution >= 4 is 23.5 Å². The highest BCUT2D eigenvalue weighted by molar-refractivity contribution is 6.07. The van der Waals surface area contributed by atoms with Crippen LogP contribution in [0.3, 0.4) is 0 Å². The van der Waals surface area contributed by atoms with Gasteiger partial charge >= 0.3 is 5.97 Å². The number of H-pyrrole nitrogens is 1. The van der Waals surface area contributed by atoms with E-state index in [0.29, 0.717) is 5.82 Å². The molecule has 0 fully saturated rings. The molecule has 9 heteroatoms. The van der Waals surface area contributed by atoms with E-state index < -0.39 is 22.4 Å². The van der Waals surface area contributed by atoms with Crippen molar-refractivity contribution in [2.45, 2.75) is 6.92 Å². The van der Waals surface area contributed by atoms with Crippen molar-refractivity contribution in [3.05, 3.63) is 50.8 Å². The molecule has 0 atom stereocenters. The van der Waals surface area contributed by atoms with Crippen molar-refractivity contribution in [2.75, 3.05) is 0 Å². The van der Waals surface area contributed by atoms with Crippen LogP contribution in [0.1, 0.15) is 27.6 Å². The van der Waals surface area contributed by atoms with Gasteiger partial charge in [-0.25, -0.2) is 14.2 Å². The number of hydrogen-bond donors (Lipinski definition) is 1. The van der Waals surface area contributed by atoms with E-state index in [0.717, 1.165) is 12.1 Å². The maximum Gasteiger partial charge on any atom is 0.344 e. The number of nitrogens with zero attached hydrogens (tertiary/aromatic N) is 3. The van der Waals surface area contributed by atoms with E-state index >= 15 is 0 Å². The van der Waals surface area contributed by atoms with Crippen molar-refractivity contribution in [3.63, 3.8) is 0 Å². The standard InChI is InChI=1S/C12H7FN4O4/c1-5-14-10(16-15-5)4-9-11-7(12(18)21-9)2-6(13)3-8(11)17(19)20/h2-4H,1H3,(H,14,15,16)/b9-4-. The average molecular weight is 290 g/mol. The Morgan fingerprint density at radius 1 is 1.48 bits per heavy atom. The Morgan fingerprint density at radius 3 is 2.86 bits per heavy atom. The lowest BCUT2D eigenvalue weighted by Gasteiger charge is -1.99. The number of nitro groups is 1. The number of hydrogen-bond acceptors (Lipinski definition) is 6. The van der Waals surface area contributed by atoms with E-state index in [1.54, 1.807) is 6.92 Å². The minimum absolute atomic E-state index is 0.0751. The van der Waals surface area contributed by atoms with Crippen molar-refractivity contribution in [1.29, 1.82) is 0 Å². The molecule has 1 aromatic heterocycles. The van der Waals surface area contributed by atoms with Gasteiger partial charge in [0.25, 0.3) is 5.69 Å². The second-order valence-electron chi connectivity index (χ2n) is 4.28. The molecule has 0 aliphatic carbocycles. The molecule has 0 spiro atoms. The first kappa shape index (κ1) is 12.9. The Balaban J connectivity index is 2.21. The van der Waals surface area contributed by atoms with Crippen LogP contribution in [0.4, 0.5) is 10.1 Å². The summed E-state index contributed by atoms with van der Waals surface area (Å²) in [5.41, 5.74) is -0.816. The number of aromatic amines is 1. The molecular formula is C12H7FN4O4. The van der Waals surface area contributed by atoms with Crippen LogP contribution in [-0.4, -0.2) is 26.1 Å². The lowest BCUT2D eigenvalue weighted by atomic mass is 10.1. The number of aryl methyl sites for hydroxylation is 1. The van der Waals surface area contributed by atoms with E-state index in [2.05, 4.69) is 15.2 Å². The molecule has 0 saturated carbocycles. The first-order valence-electron chi connectivity index (χ1n) is 5.77. The predicted molar refractivity (Wildman–Crippen MR) is 67.5 cm³/mol. The second-order valence-corrected chi connectivity index (χ2v) is 4.28. The third kappa shape index (κ3) is 2.14. The van der Waals surface area contributed by atoms with Crippen LogP contribution in [0.2, 0.25) is 0 Å². The van der Waals surface area contributed by atoms with E-state index in [1.165, 1.54) is 6.08 Å². The number of aromatic nitrogens is 3. The first-order chi connectivity index (χ1) is 9.95. The van der Waals surface area contributed by atoms with Crippen LogP contribution in [0.25, 0.3) is 11.8 Å². The lowest BCUT2D eigenvalue weighted by molar-refractivity contribution is -0.385. The molecule has 1 aliphatic rings. The maximum atomic E-state index is 13.4. The van der Waals surface area contributed by atoms with Crippen molar-refractivity contribution in [1.82, 2.24) is 15.2 Å². The number of carbonyl (C=O) groups is 1. The molecule has 1 aliphatic heterocycles. The normalized spacial score (nSPS) is 15.1. The largest absolute Gasteiger partial charge is 0.422 e. The lowest BCUT2D eigenvalue weighted by Crippen LogP contribution is -1.98. The first-order valence-corrected chi connectivity index (χ1v) is 5.77. The summed E-state index contributed by atoms with van der Waals surface area (Å²) in [5.74, 6) is -1.10. The van der Waals surface area contributed by atoms with Crippen molar-refractivity contribution < 1.29 is 18.8 Å². The van der Waals surface area contributed by atoms with Gasteiger partial charge in [0.2, 0.25) is 0 Å². The summed E-state index contributed by atoms with van der Waals surface area (Å²) in [5, 5.41) is 17.4. The SMILES string of the molecule is Cc1nc(/C=C2\OC(=O)c3cc(F)cc([N+](=O)[O-])c32)n[nH]1. The number of fused-ring (bicyclic) bond motifs is 1. The van der Waals surface area contributed by atoms with Gasteiger partial charge in [-0.2, -0.15) is 5.10 Å². The molecule has 1 aromatic carbocycles. The van der Waals surface area contributed by atoms with Crippen LogP contribution in [0.15, 0.2) is 12.1 Å². The highest BCUT2D eigenvalue weighted by atomic mass is 19.1. The predicted octanol–water partition coefficient (Wildman–Crippen LogP) is 1.83. The number of benzene rings is 1. The minimum Gasteiger partial charge on any atom is -0.422 e. The Hall–Kier alpha value is -3.10.